The summed E-state index contributed by atoms with van der Waals surface area (Å²) in [6.45, 7) is 2.67. The first-order valence-corrected chi connectivity index (χ1v) is 15.2. The Balaban J connectivity index is 0.00000308. The molecule has 3 heterocycles. The number of methoxy groups -OCH3 is 3. The number of anilines is 3. The summed E-state index contributed by atoms with van der Waals surface area (Å²) >= 11 is -0.859. The van der Waals surface area contributed by atoms with Crippen molar-refractivity contribution in [2.24, 2.45) is 0 Å². The number of carbonyl (C=O) groups is 1. The standard InChI is InChI=1S/C24H27FIN5O8P.2Na/c1-24(2)22(32)31(12-39-40(33,34)35)21-16(26-24)7-6-13(28-21)8-17-15(25)11-27-23(30-17)29-14-9-18(36-3)20(38-5)19(10-14)37-4;;/h6-7,9-11H,8,12H2,1-5H3,(H,27,29,30)(H2,33,34,35);;/q-1;2*+1/p-2. The van der Waals surface area contributed by atoms with Crippen LogP contribution in [0.15, 0.2) is 30.5 Å². The van der Waals surface area contributed by atoms with Crippen molar-refractivity contribution in [3.63, 3.8) is 0 Å². The van der Waals surface area contributed by atoms with Gasteiger partial charge in [-0.1, -0.05) is 0 Å². The van der Waals surface area contributed by atoms with Crippen LogP contribution in [0.2, 0.25) is 0 Å². The summed E-state index contributed by atoms with van der Waals surface area (Å²) in [6, 6.07) is 6.72. The van der Waals surface area contributed by atoms with Crippen molar-refractivity contribution >= 4 is 31.2 Å². The number of ether oxygens (including phenoxy) is 3. The molecule has 0 spiro atoms. The molecule has 0 fully saturated rings. The van der Waals surface area contributed by atoms with Gasteiger partial charge in [-0.15, -0.1) is 0 Å². The number of hydrogen-bond acceptors (Lipinski definition) is 12. The molecule has 0 atom stereocenters. The van der Waals surface area contributed by atoms with Crippen LogP contribution < -0.4 is 115 Å². The topological polar surface area (TPSA) is 171 Å². The van der Waals surface area contributed by atoms with E-state index in [4.69, 9.17) is 14.2 Å². The number of nitrogens with zero attached hydrogens (tertiary/aromatic N) is 4. The predicted octanol–water partition coefficient (Wildman–Crippen LogP) is -7.43. The van der Waals surface area contributed by atoms with Crippen LogP contribution >= 0.6 is 7.82 Å². The molecule has 18 heteroatoms. The van der Waals surface area contributed by atoms with E-state index in [1.807, 2.05) is 0 Å². The van der Waals surface area contributed by atoms with Gasteiger partial charge in [0.25, 0.3) is 0 Å². The fraction of sp³-hybridized carbons (Fsp3) is 0.333. The maximum atomic E-state index is 14.7. The zero-order valence-corrected chi connectivity index (χ0v) is 31.1. The molecule has 1 N–H and O–H groups in total. The van der Waals surface area contributed by atoms with Gasteiger partial charge in [0.2, 0.25) is 5.75 Å². The number of rotatable bonds is 10. The second kappa shape index (κ2) is 15.3. The fourth-order valence-corrected chi connectivity index (χ4v) is 7.08. The van der Waals surface area contributed by atoms with E-state index in [0.29, 0.717) is 28.6 Å². The van der Waals surface area contributed by atoms with Crippen LogP contribution in [0.5, 0.6) is 17.2 Å². The number of phosphoric ester groups is 1. The summed E-state index contributed by atoms with van der Waals surface area (Å²) in [5, 5.41) is 2.99. The van der Waals surface area contributed by atoms with Crippen LogP contribution in [-0.4, -0.2) is 52.3 Å². The van der Waals surface area contributed by atoms with Gasteiger partial charge in [0.1, 0.15) is 0 Å². The van der Waals surface area contributed by atoms with Crippen LogP contribution in [-0.2, 0) is 20.3 Å². The normalized spacial score (nSPS) is 14.0. The zero-order valence-electron chi connectivity index (χ0n) is 24.1. The summed E-state index contributed by atoms with van der Waals surface area (Å²) in [6.07, 6.45) is 0.941. The third kappa shape index (κ3) is 8.75. The molecular weight excluding hydrogens is 709 g/mol. The van der Waals surface area contributed by atoms with E-state index in [0.717, 1.165) is 14.7 Å². The van der Waals surface area contributed by atoms with Crippen LogP contribution in [0.3, 0.4) is 0 Å². The van der Waals surface area contributed by atoms with E-state index in [1.165, 1.54) is 21.3 Å². The van der Waals surface area contributed by atoms with E-state index < -0.39 is 50.9 Å². The van der Waals surface area contributed by atoms with E-state index in [9.17, 15) is 23.5 Å². The summed E-state index contributed by atoms with van der Waals surface area (Å²) in [5.74, 6) is 0.339. The van der Waals surface area contributed by atoms with E-state index in [1.54, 1.807) is 38.1 Å². The average Bonchev–Trinajstić information content (AvgIpc) is 2.89. The van der Waals surface area contributed by atoms with Crippen molar-refractivity contribution in [3.8, 4) is 17.2 Å². The first-order chi connectivity index (χ1) is 18.8. The molecule has 216 valence electrons. The number of hydrogen-bond donors (Lipinski definition) is 1. The van der Waals surface area contributed by atoms with Crippen LogP contribution in [0.1, 0.15) is 25.2 Å². The Bertz CT molecular complexity index is 1470. The van der Waals surface area contributed by atoms with Crippen molar-refractivity contribution in [1.29, 1.82) is 0 Å². The molecule has 0 saturated heterocycles. The monoisotopic (exact) mass is 734 g/mol. The Labute approximate surface area is 296 Å². The molecule has 0 bridgehead atoms. The molecular formula is C24H25FIN5Na2O8P-. The van der Waals surface area contributed by atoms with Gasteiger partial charge in [0.05, 0.1) is 21.3 Å². The predicted molar refractivity (Wildman–Crippen MR) is 132 cm³/mol. The van der Waals surface area contributed by atoms with Gasteiger partial charge in [-0.3, -0.25) is 0 Å². The Morgan fingerprint density at radius 1 is 1.07 bits per heavy atom. The molecule has 2 aromatic heterocycles. The summed E-state index contributed by atoms with van der Waals surface area (Å²) in [5.41, 5.74) is 0.860. The van der Waals surface area contributed by atoms with Gasteiger partial charge >= 0.3 is 258 Å². The third-order valence-electron chi connectivity index (χ3n) is 5.66. The number of benzene rings is 1. The summed E-state index contributed by atoms with van der Waals surface area (Å²) in [4.78, 5) is 49.0. The first kappa shape index (κ1) is 37.1. The number of pyridine rings is 1. The van der Waals surface area contributed by atoms with Gasteiger partial charge in [-0.2, -0.15) is 0 Å². The smallest absolute Gasteiger partial charge is 0.493 e. The molecule has 0 unspecified atom stereocenters. The Hall–Kier alpha value is -1.11. The molecule has 3 aromatic rings. The second-order valence-electron chi connectivity index (χ2n) is 8.82. The van der Waals surface area contributed by atoms with Crippen molar-refractivity contribution in [2.45, 2.75) is 23.7 Å². The maximum absolute atomic E-state index is 14.7. The van der Waals surface area contributed by atoms with Crippen molar-refractivity contribution < 1.29 is 123 Å². The molecule has 13 nitrogen and oxygen atoms in total. The van der Waals surface area contributed by atoms with E-state index in [-0.39, 0.29) is 83.0 Å². The molecule has 1 aliphatic heterocycles. The van der Waals surface area contributed by atoms with E-state index >= 15 is 0 Å². The molecule has 4 rings (SSSR count). The Kier molecular flexibility index (Phi) is 13.5. The molecule has 1 amide bonds. The minimum atomic E-state index is -5.34. The number of phosphoric acid groups is 1. The number of carbonyl (C=O) groups excluding carboxylic acids is 1. The van der Waals surface area contributed by atoms with Gasteiger partial charge in [0, 0.05) is 0 Å². The second-order valence-corrected chi connectivity index (χ2v) is 14.4. The third-order valence-corrected chi connectivity index (χ3v) is 9.33. The molecule has 1 aliphatic rings. The van der Waals surface area contributed by atoms with Gasteiger partial charge < -0.3 is 14.2 Å². The van der Waals surface area contributed by atoms with Crippen molar-refractivity contribution in [2.75, 3.05) is 38.3 Å². The molecule has 1 aromatic carbocycles. The number of alkyl halides is 1. The summed E-state index contributed by atoms with van der Waals surface area (Å²) < 4.78 is 46.2. The van der Waals surface area contributed by atoms with Gasteiger partial charge in [0.15, 0.2) is 0 Å². The first-order valence-electron chi connectivity index (χ1n) is 11.6. The van der Waals surface area contributed by atoms with Gasteiger partial charge in [-0.05, 0) is 0 Å². The van der Waals surface area contributed by atoms with E-state index in [2.05, 4.69) is 24.8 Å². The molecule has 42 heavy (non-hydrogen) atoms. The molecule has 0 saturated carbocycles. The zero-order chi connectivity index (χ0) is 29.2. The van der Waals surface area contributed by atoms with Crippen molar-refractivity contribution in [1.82, 2.24) is 15.0 Å². The minimum absolute atomic E-state index is 0. The Morgan fingerprint density at radius 3 is 2.29 bits per heavy atom. The molecule has 0 aliphatic carbocycles. The van der Waals surface area contributed by atoms with Crippen LogP contribution in [0, 0.1) is 9.39 Å². The van der Waals surface area contributed by atoms with Gasteiger partial charge in [-0.25, -0.2) is 0 Å². The van der Waals surface area contributed by atoms with Crippen LogP contribution in [0.4, 0.5) is 21.8 Å². The Morgan fingerprint density at radius 2 is 1.71 bits per heavy atom. The van der Waals surface area contributed by atoms with Crippen LogP contribution in [0.25, 0.3) is 0 Å². The number of fused-ring (bicyclic) bond motifs is 1. The number of amides is 1. The fourth-order valence-electron chi connectivity index (χ4n) is 3.83. The quantitative estimate of drug-likeness (QED) is 0.0906. The minimum Gasteiger partial charge on any atom is -0.493 e. The number of aromatic nitrogens is 3. The average molecular weight is 734 g/mol. The molecule has 0 radical (unpaired) electrons. The SMILES string of the molecule is COc1cc(Nc2ncc(F)c(Cc3ccc4c(n3)N(COP(=O)([O-])[O-])C(=O)C(C)(C)[I-]4)n2)cc(OC)c1OC.[Na+].[Na+]. The summed E-state index contributed by atoms with van der Waals surface area (Å²) in [7, 11) is -0.914. The van der Waals surface area contributed by atoms with Crippen molar-refractivity contribution in [3.05, 3.63) is 51.2 Å². The number of halogens is 2. The number of nitrogens with one attached hydrogen (secondary N) is 1.